The van der Waals surface area contributed by atoms with Crippen molar-refractivity contribution >= 4 is 16.7 Å². The first-order chi connectivity index (χ1) is 15.0. The molecule has 0 radical (unpaired) electrons. The summed E-state index contributed by atoms with van der Waals surface area (Å²) in [6.45, 7) is 5.22. The number of nitrogens with zero attached hydrogens (tertiary/aromatic N) is 3. The van der Waals surface area contributed by atoms with Gasteiger partial charge in [0.1, 0.15) is 18.5 Å². The summed E-state index contributed by atoms with van der Waals surface area (Å²) >= 11 is 0. The molecule has 31 heavy (non-hydrogen) atoms. The van der Waals surface area contributed by atoms with Gasteiger partial charge in [-0.3, -0.25) is 9.48 Å². The molecule has 1 unspecified atom stereocenters. The quantitative estimate of drug-likeness (QED) is 0.582. The third-order valence-electron chi connectivity index (χ3n) is 6.00. The zero-order valence-electron chi connectivity index (χ0n) is 17.9. The molecule has 1 atom stereocenters. The van der Waals surface area contributed by atoms with E-state index in [2.05, 4.69) is 35.1 Å². The van der Waals surface area contributed by atoms with E-state index in [4.69, 9.17) is 10.5 Å². The number of β-amino-alcohol motifs (C(OH)–C–C–N with tert-alkyl or cyclic N) is 1. The minimum Gasteiger partial charge on any atom is -0.491 e. The lowest BCUT2D eigenvalue weighted by molar-refractivity contribution is -0.123. The van der Waals surface area contributed by atoms with Crippen LogP contribution in [0.4, 0.5) is 0 Å². The summed E-state index contributed by atoms with van der Waals surface area (Å²) in [5.74, 6) is 0.478. The van der Waals surface area contributed by atoms with Crippen LogP contribution in [-0.2, 0) is 11.3 Å². The molecule has 164 valence electrons. The van der Waals surface area contributed by atoms with Crippen molar-refractivity contribution in [3.05, 3.63) is 48.8 Å². The number of rotatable bonds is 8. The number of hydrogen-bond acceptors (Lipinski definition) is 5. The number of ether oxygens (including phenoxy) is 1. The molecule has 2 aromatic carbocycles. The van der Waals surface area contributed by atoms with E-state index in [1.165, 1.54) is 0 Å². The molecule has 4 rings (SSSR count). The smallest absolute Gasteiger partial charge is 0.220 e. The number of aliphatic hydroxyl groups excluding tert-OH is 1. The monoisotopic (exact) mass is 422 g/mol. The number of nitrogens with two attached hydrogens (primary N) is 1. The van der Waals surface area contributed by atoms with Crippen LogP contribution in [-0.4, -0.2) is 58.0 Å². The summed E-state index contributed by atoms with van der Waals surface area (Å²) in [6.07, 6.45) is 4.85. The lowest BCUT2D eigenvalue weighted by Crippen LogP contribution is -2.43. The molecular formula is C24H30N4O3. The van der Waals surface area contributed by atoms with Gasteiger partial charge in [-0.05, 0) is 67.4 Å². The molecule has 1 fully saturated rings. The van der Waals surface area contributed by atoms with Gasteiger partial charge in [0.2, 0.25) is 5.91 Å². The van der Waals surface area contributed by atoms with Crippen molar-refractivity contribution in [2.75, 3.05) is 26.2 Å². The topological polar surface area (TPSA) is 93.6 Å². The number of hydrogen-bond donors (Lipinski definition) is 2. The number of benzene rings is 2. The fourth-order valence-electron chi connectivity index (χ4n) is 4.12. The normalized spacial score (nSPS) is 16.5. The van der Waals surface area contributed by atoms with Gasteiger partial charge in [0, 0.05) is 30.8 Å². The average molecular weight is 423 g/mol. The standard InChI is InChI=1S/C24H30N4O3/c1-2-28-14-21(13-26-28)19-4-3-17-5-6-23(12-20(17)11-19)31-16-22(29)15-27-9-7-18(8-10-27)24(25)30/h3-6,11-14,18,22,29H,2,7-10,15-16H2,1H3,(H2,25,30). The van der Waals surface area contributed by atoms with Crippen LogP contribution in [0.15, 0.2) is 48.8 Å². The minimum absolute atomic E-state index is 0.0385. The van der Waals surface area contributed by atoms with Crippen molar-refractivity contribution in [3.8, 4) is 16.9 Å². The van der Waals surface area contributed by atoms with Gasteiger partial charge in [-0.2, -0.15) is 5.10 Å². The Balaban J connectivity index is 1.35. The fraction of sp³-hybridized carbons (Fsp3) is 0.417. The van der Waals surface area contributed by atoms with Gasteiger partial charge >= 0.3 is 0 Å². The van der Waals surface area contributed by atoms with E-state index in [-0.39, 0.29) is 18.4 Å². The molecule has 1 aliphatic heterocycles. The van der Waals surface area contributed by atoms with Crippen LogP contribution < -0.4 is 10.5 Å². The molecule has 3 N–H and O–H groups in total. The second-order valence-electron chi connectivity index (χ2n) is 8.25. The van der Waals surface area contributed by atoms with Crippen molar-refractivity contribution in [2.45, 2.75) is 32.4 Å². The highest BCUT2D eigenvalue weighted by atomic mass is 16.5. The first kappa shape index (κ1) is 21.3. The third-order valence-corrected chi connectivity index (χ3v) is 6.00. The summed E-state index contributed by atoms with van der Waals surface area (Å²) in [4.78, 5) is 13.4. The minimum atomic E-state index is -0.591. The Hall–Kier alpha value is -2.90. The number of aryl methyl sites for hydroxylation is 1. The van der Waals surface area contributed by atoms with Gasteiger partial charge in [-0.1, -0.05) is 18.2 Å². The summed E-state index contributed by atoms with van der Waals surface area (Å²) < 4.78 is 7.79. The number of carbonyl (C=O) groups excluding carboxylic acids is 1. The van der Waals surface area contributed by atoms with E-state index in [9.17, 15) is 9.90 Å². The number of primary amides is 1. The molecule has 2 heterocycles. The molecule has 1 amide bonds. The van der Waals surface area contributed by atoms with E-state index in [0.717, 1.165) is 60.1 Å². The number of piperidine rings is 1. The molecule has 0 aliphatic carbocycles. The number of likely N-dealkylation sites (tertiary alicyclic amines) is 1. The van der Waals surface area contributed by atoms with Gasteiger partial charge in [0.05, 0.1) is 6.20 Å². The van der Waals surface area contributed by atoms with Gasteiger partial charge in [-0.25, -0.2) is 0 Å². The molecule has 3 aromatic rings. The van der Waals surface area contributed by atoms with Crippen LogP contribution in [0.1, 0.15) is 19.8 Å². The molecule has 1 saturated heterocycles. The van der Waals surface area contributed by atoms with Crippen LogP contribution in [0.2, 0.25) is 0 Å². The van der Waals surface area contributed by atoms with E-state index >= 15 is 0 Å². The highest BCUT2D eigenvalue weighted by molar-refractivity contribution is 5.88. The summed E-state index contributed by atoms with van der Waals surface area (Å²) in [6, 6.07) is 12.3. The SMILES string of the molecule is CCn1cc(-c2ccc3ccc(OCC(O)CN4CCC(C(N)=O)CC4)cc3c2)cn1. The number of aliphatic hydroxyl groups is 1. The van der Waals surface area contributed by atoms with E-state index < -0.39 is 6.10 Å². The van der Waals surface area contributed by atoms with Crippen molar-refractivity contribution in [1.29, 1.82) is 0 Å². The second-order valence-corrected chi connectivity index (χ2v) is 8.25. The van der Waals surface area contributed by atoms with Gasteiger partial charge in [-0.15, -0.1) is 0 Å². The highest BCUT2D eigenvalue weighted by Gasteiger charge is 2.24. The maximum atomic E-state index is 11.3. The zero-order valence-corrected chi connectivity index (χ0v) is 17.9. The van der Waals surface area contributed by atoms with Crippen molar-refractivity contribution in [3.63, 3.8) is 0 Å². The van der Waals surface area contributed by atoms with Gasteiger partial charge < -0.3 is 20.5 Å². The van der Waals surface area contributed by atoms with Crippen molar-refractivity contribution in [1.82, 2.24) is 14.7 Å². The largest absolute Gasteiger partial charge is 0.491 e. The molecule has 0 bridgehead atoms. The molecule has 0 saturated carbocycles. The summed E-state index contributed by atoms with van der Waals surface area (Å²) in [5.41, 5.74) is 7.59. The highest BCUT2D eigenvalue weighted by Crippen LogP contribution is 2.27. The van der Waals surface area contributed by atoms with Crippen LogP contribution >= 0.6 is 0 Å². The first-order valence-corrected chi connectivity index (χ1v) is 10.9. The van der Waals surface area contributed by atoms with E-state index in [1.54, 1.807) is 0 Å². The Morgan fingerprint density at radius 1 is 1.19 bits per heavy atom. The average Bonchev–Trinajstić information content (AvgIpc) is 3.27. The molecular weight excluding hydrogens is 392 g/mol. The summed E-state index contributed by atoms with van der Waals surface area (Å²) in [5, 5.41) is 17.0. The van der Waals surface area contributed by atoms with Crippen LogP contribution in [0.3, 0.4) is 0 Å². The van der Waals surface area contributed by atoms with Crippen LogP contribution in [0.25, 0.3) is 21.9 Å². The van der Waals surface area contributed by atoms with Gasteiger partial charge in [0.25, 0.3) is 0 Å². The second kappa shape index (κ2) is 9.49. The maximum Gasteiger partial charge on any atom is 0.220 e. The van der Waals surface area contributed by atoms with Crippen molar-refractivity contribution < 1.29 is 14.6 Å². The van der Waals surface area contributed by atoms with Crippen molar-refractivity contribution in [2.24, 2.45) is 11.7 Å². The molecule has 1 aliphatic rings. The predicted octanol–water partition coefficient (Wildman–Crippen LogP) is 2.66. The van der Waals surface area contributed by atoms with Crippen LogP contribution in [0.5, 0.6) is 5.75 Å². The Morgan fingerprint density at radius 3 is 2.68 bits per heavy atom. The van der Waals surface area contributed by atoms with Crippen LogP contribution in [0, 0.1) is 5.92 Å². The number of carbonyl (C=O) groups is 1. The molecule has 0 spiro atoms. The van der Waals surface area contributed by atoms with E-state index in [0.29, 0.717) is 6.54 Å². The Labute approximate surface area is 182 Å². The lowest BCUT2D eigenvalue weighted by atomic mass is 9.96. The Kier molecular flexibility index (Phi) is 6.53. The molecule has 7 nitrogen and oxygen atoms in total. The third kappa shape index (κ3) is 5.24. The predicted molar refractivity (Wildman–Crippen MR) is 121 cm³/mol. The fourth-order valence-corrected chi connectivity index (χ4v) is 4.12. The van der Waals surface area contributed by atoms with Gasteiger partial charge in [0.15, 0.2) is 0 Å². The zero-order chi connectivity index (χ0) is 21.8. The number of fused-ring (bicyclic) bond motifs is 1. The number of amides is 1. The lowest BCUT2D eigenvalue weighted by Gasteiger charge is -2.31. The summed E-state index contributed by atoms with van der Waals surface area (Å²) in [7, 11) is 0. The Bertz CT molecular complexity index is 1040. The maximum absolute atomic E-state index is 11.3. The molecule has 1 aromatic heterocycles. The Morgan fingerprint density at radius 2 is 1.97 bits per heavy atom. The first-order valence-electron chi connectivity index (χ1n) is 10.9. The number of aromatic nitrogens is 2. The molecule has 7 heteroatoms. The van der Waals surface area contributed by atoms with E-state index in [1.807, 2.05) is 35.3 Å².